The van der Waals surface area contributed by atoms with Crippen molar-refractivity contribution in [3.05, 3.63) is 114 Å². The molecule has 45 heavy (non-hydrogen) atoms. The number of benzene rings is 2. The lowest BCUT2D eigenvalue weighted by atomic mass is 9.45. The molecule has 7 nitrogen and oxygen atoms in total. The fourth-order valence-electron chi connectivity index (χ4n) is 6.37. The Bertz CT molecular complexity index is 1740. The van der Waals surface area contributed by atoms with E-state index in [1.165, 1.54) is 16.7 Å². The second-order valence-corrected chi connectivity index (χ2v) is 12.3. The van der Waals surface area contributed by atoms with Gasteiger partial charge in [-0.05, 0) is 54.6 Å². The molecule has 1 aliphatic rings. The number of aliphatic hydroxyl groups excluding tert-OH is 1. The zero-order chi connectivity index (χ0) is 31.5. The van der Waals surface area contributed by atoms with Crippen LogP contribution in [-0.4, -0.2) is 52.8 Å². The zero-order valence-electron chi connectivity index (χ0n) is 26.5. The highest BCUT2D eigenvalue weighted by molar-refractivity contribution is 6.82. The largest absolute Gasteiger partial charge is 0.444 e. The Kier molecular flexibility index (Phi) is 8.99. The van der Waals surface area contributed by atoms with Gasteiger partial charge in [0.15, 0.2) is 0 Å². The average molecular weight is 595 g/mol. The van der Waals surface area contributed by atoms with Gasteiger partial charge in [0.1, 0.15) is 11.6 Å². The van der Waals surface area contributed by atoms with Crippen LogP contribution in [0.15, 0.2) is 97.5 Å². The van der Waals surface area contributed by atoms with Gasteiger partial charge >= 0.3 is 0 Å². The molecule has 0 spiro atoms. The Morgan fingerprint density at radius 1 is 0.933 bits per heavy atom. The summed E-state index contributed by atoms with van der Waals surface area (Å²) in [7, 11) is 1.73. The maximum atomic E-state index is 13.0. The third kappa shape index (κ3) is 6.64. The van der Waals surface area contributed by atoms with E-state index in [0.717, 1.165) is 46.9 Å². The van der Waals surface area contributed by atoms with E-state index in [-0.39, 0.29) is 25.5 Å². The molecule has 2 aromatic carbocycles. The predicted octanol–water partition coefficient (Wildman–Crippen LogP) is 6.21. The number of anilines is 2. The number of aryl methyl sites for hydroxylation is 1. The maximum absolute atomic E-state index is 13.0. The summed E-state index contributed by atoms with van der Waals surface area (Å²) >= 11 is 0. The van der Waals surface area contributed by atoms with Crippen LogP contribution in [0.4, 0.5) is 11.6 Å². The summed E-state index contributed by atoms with van der Waals surface area (Å²) < 4.78 is 2.45. The monoisotopic (exact) mass is 595 g/mol. The van der Waals surface area contributed by atoms with Crippen LogP contribution in [0.3, 0.4) is 0 Å². The number of nitrogens with zero attached hydrogens (tertiary/aromatic N) is 5. The van der Waals surface area contributed by atoms with E-state index in [1.54, 1.807) is 11.9 Å². The fraction of sp³-hybridized carbons (Fsp3) is 0.278. The lowest BCUT2D eigenvalue weighted by molar-refractivity contribution is -0.120. The van der Waals surface area contributed by atoms with Crippen molar-refractivity contribution in [2.45, 2.75) is 52.2 Å². The van der Waals surface area contributed by atoms with Crippen LogP contribution >= 0.6 is 0 Å². The highest BCUT2D eigenvalue weighted by Gasteiger charge is 2.43. The van der Waals surface area contributed by atoms with Crippen LogP contribution in [-0.2, 0) is 23.9 Å². The number of aliphatic hydroxyl groups is 1. The van der Waals surface area contributed by atoms with Crippen LogP contribution in [0.2, 0.25) is 13.6 Å². The average Bonchev–Trinajstić information content (AvgIpc) is 3.80. The number of carbonyl (C=O) groups excluding carboxylic acids is 1. The van der Waals surface area contributed by atoms with Crippen molar-refractivity contribution in [1.29, 1.82) is 0 Å². The first-order valence-electron chi connectivity index (χ1n) is 15.9. The first-order valence-corrected chi connectivity index (χ1v) is 15.9. The van der Waals surface area contributed by atoms with Gasteiger partial charge in [0.05, 0.1) is 17.7 Å². The van der Waals surface area contributed by atoms with E-state index in [4.69, 9.17) is 9.97 Å². The summed E-state index contributed by atoms with van der Waals surface area (Å²) in [6, 6.07) is 27.3. The number of aromatic nitrogens is 3. The summed E-state index contributed by atoms with van der Waals surface area (Å²) in [5, 5.41) is 11.8. The number of fused-ring (bicyclic) bond motifs is 1. The zero-order valence-corrected chi connectivity index (χ0v) is 26.5. The molecular weight excluding hydrogens is 556 g/mol. The lowest BCUT2D eigenvalue weighted by Gasteiger charge is -2.35. The van der Waals surface area contributed by atoms with Crippen molar-refractivity contribution >= 4 is 42.0 Å². The van der Waals surface area contributed by atoms with Gasteiger partial charge in [0.2, 0.25) is 19.6 Å². The van der Waals surface area contributed by atoms with Crippen molar-refractivity contribution in [2.24, 2.45) is 5.92 Å². The second kappa shape index (κ2) is 13.2. The van der Waals surface area contributed by atoms with E-state index >= 15 is 0 Å². The molecule has 1 amide bonds. The fourth-order valence-corrected chi connectivity index (χ4v) is 6.37. The molecule has 5 aromatic rings. The molecule has 1 aliphatic carbocycles. The molecule has 3 aromatic heterocycles. The Hall–Kier alpha value is -4.49. The van der Waals surface area contributed by atoms with Gasteiger partial charge in [-0.15, -0.1) is 0 Å². The molecule has 1 fully saturated rings. The summed E-state index contributed by atoms with van der Waals surface area (Å²) in [5.41, 5.74) is 5.55. The van der Waals surface area contributed by atoms with E-state index in [2.05, 4.69) is 103 Å². The number of amides is 1. The minimum atomic E-state index is -0.563. The molecule has 0 aliphatic heterocycles. The number of carbonyl (C=O) groups is 1. The van der Waals surface area contributed by atoms with Crippen molar-refractivity contribution in [2.75, 3.05) is 16.7 Å². The maximum Gasteiger partial charge on any atom is 0.243 e. The quantitative estimate of drug-likeness (QED) is 0.183. The van der Waals surface area contributed by atoms with Crippen molar-refractivity contribution in [3.63, 3.8) is 0 Å². The molecule has 0 saturated heterocycles. The second-order valence-electron chi connectivity index (χ2n) is 12.3. The van der Waals surface area contributed by atoms with Gasteiger partial charge in [0, 0.05) is 36.6 Å². The Morgan fingerprint density at radius 3 is 2.13 bits per heavy atom. The van der Waals surface area contributed by atoms with E-state index in [1.807, 2.05) is 24.7 Å². The molecule has 226 valence electrons. The number of pyridine rings is 3. The normalized spacial score (nSPS) is 15.5. The van der Waals surface area contributed by atoms with Gasteiger partial charge in [-0.25, -0.2) is 9.97 Å². The third-order valence-electron chi connectivity index (χ3n) is 8.94. The molecule has 9 heteroatoms. The number of rotatable bonds is 11. The molecule has 0 radical (unpaired) electrons. The lowest BCUT2D eigenvalue weighted by Crippen LogP contribution is -2.50. The topological polar surface area (TPSA) is 82.5 Å². The van der Waals surface area contributed by atoms with E-state index in [0.29, 0.717) is 12.2 Å². The predicted molar refractivity (Wildman–Crippen MR) is 186 cm³/mol. The van der Waals surface area contributed by atoms with Crippen LogP contribution in [0.25, 0.3) is 22.0 Å². The first-order chi connectivity index (χ1) is 21.8. The summed E-state index contributed by atoms with van der Waals surface area (Å²) in [4.78, 5) is 29.2. The summed E-state index contributed by atoms with van der Waals surface area (Å²) in [5.74, 6) is 0.953. The van der Waals surface area contributed by atoms with Gasteiger partial charge in [0.25, 0.3) is 0 Å². The Morgan fingerprint density at radius 2 is 1.56 bits per heavy atom. The van der Waals surface area contributed by atoms with Crippen LogP contribution in [0, 0.1) is 5.92 Å². The highest BCUT2D eigenvalue weighted by Crippen LogP contribution is 2.36. The Labute approximate surface area is 266 Å². The minimum absolute atomic E-state index is 0.112. The standard InChI is InChI=1S/C36H39B2N5O2/c1-5-27-16-17-39-23-30(27)32-18-28-19-34(42(4)36(45)29-20-33(29)44)40-24-31(28)35(41-32)43(37(2)21-25-12-8-6-9-13-25)38(3)22-26-14-10-7-11-15-26/h6-19,23-24,29,33,44H,5,20-22H2,1-4H3. The third-order valence-corrected chi connectivity index (χ3v) is 8.94. The van der Waals surface area contributed by atoms with Gasteiger partial charge < -0.3 is 9.83 Å². The SMILES string of the molecule is CCc1ccncc1-c1cc2cc(N(C)C(=O)C3CC3O)ncc2c(N(B(C)Cc2ccccc2)B(C)Cc2ccccc2)n1. The molecule has 0 bridgehead atoms. The van der Waals surface area contributed by atoms with E-state index < -0.39 is 6.10 Å². The van der Waals surface area contributed by atoms with E-state index in [9.17, 15) is 9.90 Å². The summed E-state index contributed by atoms with van der Waals surface area (Å²) in [6.45, 7) is 6.93. The first kappa shape index (κ1) is 30.5. The smallest absolute Gasteiger partial charge is 0.243 e. The number of hydrogen-bond acceptors (Lipinski definition) is 6. The van der Waals surface area contributed by atoms with Crippen molar-refractivity contribution < 1.29 is 9.90 Å². The summed E-state index contributed by atoms with van der Waals surface area (Å²) in [6.07, 6.45) is 8.08. The van der Waals surface area contributed by atoms with Crippen molar-refractivity contribution in [1.82, 2.24) is 15.0 Å². The molecule has 3 heterocycles. The molecule has 2 atom stereocenters. The molecular formula is C36H39B2N5O2. The number of hydrogen-bond donors (Lipinski definition) is 1. The minimum Gasteiger partial charge on any atom is -0.444 e. The van der Waals surface area contributed by atoms with Crippen LogP contribution in [0.5, 0.6) is 0 Å². The van der Waals surface area contributed by atoms with Crippen molar-refractivity contribution in [3.8, 4) is 11.3 Å². The van der Waals surface area contributed by atoms with Gasteiger partial charge in [-0.2, -0.15) is 0 Å². The van der Waals surface area contributed by atoms with Gasteiger partial charge in [-0.1, -0.05) is 92.4 Å². The molecule has 1 N–H and O–H groups in total. The molecule has 2 unspecified atom stereocenters. The highest BCUT2D eigenvalue weighted by atomic mass is 16.3. The van der Waals surface area contributed by atoms with Crippen LogP contribution < -0.4 is 9.62 Å². The van der Waals surface area contributed by atoms with Gasteiger partial charge in [-0.3, -0.25) is 14.7 Å². The molecule has 1 saturated carbocycles. The molecule has 6 rings (SSSR count). The van der Waals surface area contributed by atoms with Crippen LogP contribution in [0.1, 0.15) is 30.0 Å². The Balaban J connectivity index is 1.51.